The molecule has 0 saturated heterocycles. The van der Waals surface area contributed by atoms with Crippen LogP contribution < -0.4 is 10.5 Å². The maximum Gasteiger partial charge on any atom is 0.131 e. The van der Waals surface area contributed by atoms with E-state index < -0.39 is 0 Å². The van der Waals surface area contributed by atoms with Gasteiger partial charge in [0, 0.05) is 16.1 Å². The average molecular weight is 262 g/mol. The molecule has 0 aliphatic rings. The van der Waals surface area contributed by atoms with Crippen molar-refractivity contribution in [2.24, 2.45) is 5.73 Å². The highest BCUT2D eigenvalue weighted by Gasteiger charge is 2.12. The minimum Gasteiger partial charge on any atom is -0.496 e. The second-order valence-corrected chi connectivity index (χ2v) is 4.17. The Kier molecular flexibility index (Phi) is 3.89. The van der Waals surface area contributed by atoms with E-state index in [4.69, 9.17) is 10.5 Å². The van der Waals surface area contributed by atoms with E-state index in [-0.39, 0.29) is 11.9 Å². The predicted octanol–water partition coefficient (Wildman–Crippen LogP) is 2.49. The van der Waals surface area contributed by atoms with Gasteiger partial charge in [0.05, 0.1) is 7.11 Å². The van der Waals surface area contributed by atoms with E-state index in [1.807, 2.05) is 6.92 Å². The molecule has 0 unspecified atom stereocenters. The van der Waals surface area contributed by atoms with E-state index >= 15 is 0 Å². The van der Waals surface area contributed by atoms with Gasteiger partial charge in [-0.15, -0.1) is 0 Å². The predicted molar refractivity (Wildman–Crippen MR) is 58.0 cm³/mol. The van der Waals surface area contributed by atoms with Crippen molar-refractivity contribution < 1.29 is 9.13 Å². The third-order valence-electron chi connectivity index (χ3n) is 1.87. The quantitative estimate of drug-likeness (QED) is 0.908. The smallest absolute Gasteiger partial charge is 0.131 e. The minimum absolute atomic E-state index is 0.0837. The molecule has 1 aromatic rings. The molecule has 0 radical (unpaired) electrons. The van der Waals surface area contributed by atoms with Crippen molar-refractivity contribution in [2.75, 3.05) is 7.11 Å². The van der Waals surface area contributed by atoms with Crippen LogP contribution in [0.2, 0.25) is 0 Å². The zero-order valence-electron chi connectivity index (χ0n) is 8.18. The van der Waals surface area contributed by atoms with Gasteiger partial charge in [-0.3, -0.25) is 0 Å². The first-order valence-corrected chi connectivity index (χ1v) is 5.11. The highest BCUT2D eigenvalue weighted by molar-refractivity contribution is 9.10. The molecule has 0 saturated carbocycles. The van der Waals surface area contributed by atoms with E-state index in [1.54, 1.807) is 6.07 Å². The van der Waals surface area contributed by atoms with Gasteiger partial charge in [-0.1, -0.05) is 15.9 Å². The normalized spacial score (nSPS) is 12.6. The Morgan fingerprint density at radius 3 is 2.71 bits per heavy atom. The zero-order valence-corrected chi connectivity index (χ0v) is 9.77. The molecule has 0 amide bonds. The number of methoxy groups -OCH3 is 1. The molecule has 0 aliphatic carbocycles. The molecule has 4 heteroatoms. The summed E-state index contributed by atoms with van der Waals surface area (Å²) in [5.41, 5.74) is 6.15. The van der Waals surface area contributed by atoms with Crippen molar-refractivity contribution in [1.82, 2.24) is 0 Å². The largest absolute Gasteiger partial charge is 0.496 e. The van der Waals surface area contributed by atoms with Gasteiger partial charge in [0.2, 0.25) is 0 Å². The highest BCUT2D eigenvalue weighted by atomic mass is 79.9. The lowest BCUT2D eigenvalue weighted by Gasteiger charge is -2.12. The van der Waals surface area contributed by atoms with Crippen LogP contribution in [-0.4, -0.2) is 13.2 Å². The van der Waals surface area contributed by atoms with Crippen molar-refractivity contribution in [1.29, 1.82) is 0 Å². The van der Waals surface area contributed by atoms with Crippen molar-refractivity contribution in [3.63, 3.8) is 0 Å². The fourth-order valence-electron chi connectivity index (χ4n) is 1.28. The van der Waals surface area contributed by atoms with Gasteiger partial charge in [-0.05, 0) is 25.5 Å². The van der Waals surface area contributed by atoms with E-state index in [9.17, 15) is 4.39 Å². The molecule has 0 bridgehead atoms. The molecular formula is C10H13BrFNO. The van der Waals surface area contributed by atoms with Crippen molar-refractivity contribution in [3.05, 3.63) is 28.0 Å². The van der Waals surface area contributed by atoms with Crippen LogP contribution in [0.4, 0.5) is 4.39 Å². The van der Waals surface area contributed by atoms with E-state index in [0.29, 0.717) is 22.2 Å². The van der Waals surface area contributed by atoms with Gasteiger partial charge >= 0.3 is 0 Å². The number of rotatable bonds is 3. The summed E-state index contributed by atoms with van der Waals surface area (Å²) in [4.78, 5) is 0. The molecular weight excluding hydrogens is 249 g/mol. The second-order valence-electron chi connectivity index (χ2n) is 3.25. The maximum absolute atomic E-state index is 13.5. The van der Waals surface area contributed by atoms with Crippen molar-refractivity contribution >= 4 is 15.9 Å². The van der Waals surface area contributed by atoms with E-state index in [2.05, 4.69) is 15.9 Å². The molecule has 2 N–H and O–H groups in total. The van der Waals surface area contributed by atoms with Crippen LogP contribution in [0.15, 0.2) is 16.6 Å². The third kappa shape index (κ3) is 2.69. The van der Waals surface area contributed by atoms with Gasteiger partial charge in [0.15, 0.2) is 0 Å². The molecule has 2 nitrogen and oxygen atoms in total. The Labute approximate surface area is 91.4 Å². The summed E-state index contributed by atoms with van der Waals surface area (Å²) in [7, 11) is 1.52. The Bertz CT molecular complexity index is 328. The molecule has 1 aromatic carbocycles. The van der Waals surface area contributed by atoms with Crippen LogP contribution in [-0.2, 0) is 6.42 Å². The molecule has 14 heavy (non-hydrogen) atoms. The van der Waals surface area contributed by atoms with Crippen LogP contribution in [0, 0.1) is 5.82 Å². The molecule has 0 spiro atoms. The molecule has 0 aliphatic heterocycles. The Morgan fingerprint density at radius 2 is 2.21 bits per heavy atom. The topological polar surface area (TPSA) is 35.2 Å². The minimum atomic E-state index is -0.284. The van der Waals surface area contributed by atoms with Crippen molar-refractivity contribution in [3.8, 4) is 5.75 Å². The number of halogens is 2. The summed E-state index contributed by atoms with van der Waals surface area (Å²) in [5, 5.41) is 0. The lowest BCUT2D eigenvalue weighted by Crippen LogP contribution is -2.19. The lowest BCUT2D eigenvalue weighted by molar-refractivity contribution is 0.402. The maximum atomic E-state index is 13.5. The summed E-state index contributed by atoms with van der Waals surface area (Å²) in [6.07, 6.45) is 0.474. The van der Waals surface area contributed by atoms with Gasteiger partial charge in [0.1, 0.15) is 11.6 Å². The zero-order chi connectivity index (χ0) is 10.7. The summed E-state index contributed by atoms with van der Waals surface area (Å²) in [5.74, 6) is 0.253. The van der Waals surface area contributed by atoms with Crippen LogP contribution in [0.25, 0.3) is 0 Å². The fraction of sp³-hybridized carbons (Fsp3) is 0.400. The van der Waals surface area contributed by atoms with Crippen LogP contribution in [0.5, 0.6) is 5.75 Å². The molecule has 1 atom stereocenters. The molecule has 1 rings (SSSR count). The molecule has 78 valence electrons. The summed E-state index contributed by atoms with van der Waals surface area (Å²) in [6, 6.07) is 3.07. The molecule has 0 heterocycles. The number of hydrogen-bond donors (Lipinski definition) is 1. The molecule has 0 fully saturated rings. The van der Waals surface area contributed by atoms with Gasteiger partial charge in [0.25, 0.3) is 0 Å². The van der Waals surface area contributed by atoms with Crippen molar-refractivity contribution in [2.45, 2.75) is 19.4 Å². The first-order valence-electron chi connectivity index (χ1n) is 4.32. The number of ether oxygens (including phenoxy) is 1. The third-order valence-corrected chi connectivity index (χ3v) is 2.32. The van der Waals surface area contributed by atoms with Gasteiger partial charge in [-0.25, -0.2) is 4.39 Å². The van der Waals surface area contributed by atoms with E-state index in [1.165, 1.54) is 13.2 Å². The van der Waals surface area contributed by atoms with Crippen LogP contribution in [0.1, 0.15) is 12.5 Å². The number of nitrogens with two attached hydrogens (primary N) is 1. The fourth-order valence-corrected chi connectivity index (χ4v) is 1.69. The van der Waals surface area contributed by atoms with Gasteiger partial charge in [-0.2, -0.15) is 0 Å². The SMILES string of the molecule is COc1cc(Br)cc(F)c1C[C@@H](C)N. The standard InChI is InChI=1S/C10H13BrFNO/c1-6(13)3-8-9(12)4-7(11)5-10(8)14-2/h4-6H,3,13H2,1-2H3/t6-/m1/s1. The summed E-state index contributed by atoms with van der Waals surface area (Å²) < 4.78 is 19.2. The van der Waals surface area contributed by atoms with Gasteiger partial charge < -0.3 is 10.5 Å². The number of hydrogen-bond acceptors (Lipinski definition) is 2. The van der Waals surface area contributed by atoms with E-state index in [0.717, 1.165) is 0 Å². The highest BCUT2D eigenvalue weighted by Crippen LogP contribution is 2.27. The summed E-state index contributed by atoms with van der Waals surface area (Å²) in [6.45, 7) is 1.83. The Morgan fingerprint density at radius 1 is 1.57 bits per heavy atom. The van der Waals surface area contributed by atoms with Crippen LogP contribution >= 0.6 is 15.9 Å². The number of benzene rings is 1. The monoisotopic (exact) mass is 261 g/mol. The molecule has 0 aromatic heterocycles. The van der Waals surface area contributed by atoms with Crippen LogP contribution in [0.3, 0.4) is 0 Å². The second kappa shape index (κ2) is 4.75. The average Bonchev–Trinajstić information content (AvgIpc) is 2.08. The summed E-state index contributed by atoms with van der Waals surface area (Å²) >= 11 is 3.20. The first kappa shape index (κ1) is 11.5. The Balaban J connectivity index is 3.11. The lowest BCUT2D eigenvalue weighted by atomic mass is 10.1. The Hall–Kier alpha value is -0.610. The first-order chi connectivity index (χ1) is 6.54.